The van der Waals surface area contributed by atoms with Gasteiger partial charge in [0.25, 0.3) is 0 Å². The van der Waals surface area contributed by atoms with Gasteiger partial charge in [-0.1, -0.05) is 23.8 Å². The smallest absolute Gasteiger partial charge is 0.0615 e. The van der Waals surface area contributed by atoms with Gasteiger partial charge in [0.05, 0.1) is 5.03 Å². The first-order valence-corrected chi connectivity index (χ1v) is 3.42. The third-order valence-corrected chi connectivity index (χ3v) is 1.44. The minimum Gasteiger partial charge on any atom is -0.292 e. The maximum Gasteiger partial charge on any atom is 0.0615 e. The lowest BCUT2D eigenvalue weighted by molar-refractivity contribution is 1.42. The predicted molar refractivity (Wildman–Crippen MR) is 47.8 cm³/mol. The van der Waals surface area contributed by atoms with Crippen LogP contribution in [0.25, 0.3) is 0 Å². The van der Waals surface area contributed by atoms with Gasteiger partial charge in [0.1, 0.15) is 0 Å². The van der Waals surface area contributed by atoms with Crippen LogP contribution in [0.5, 0.6) is 0 Å². The molecule has 0 N–H and O–H groups in total. The van der Waals surface area contributed by atoms with Crippen LogP contribution in [0, 0.1) is 0 Å². The van der Waals surface area contributed by atoms with Crippen LogP contribution in [0.15, 0.2) is 28.3 Å². The molecule has 0 aliphatic heterocycles. The van der Waals surface area contributed by atoms with Crippen LogP contribution in [0.4, 0.5) is 0 Å². The van der Waals surface area contributed by atoms with Gasteiger partial charge in [0.15, 0.2) is 0 Å². The lowest BCUT2D eigenvalue weighted by Gasteiger charge is -1.94. The summed E-state index contributed by atoms with van der Waals surface area (Å²) in [5.74, 6) is 0. The fourth-order valence-corrected chi connectivity index (χ4v) is 0.698. The van der Waals surface area contributed by atoms with Crippen LogP contribution in [0.2, 0.25) is 0 Å². The van der Waals surface area contributed by atoms with Crippen LogP contribution >= 0.6 is 11.6 Å². The van der Waals surface area contributed by atoms with Gasteiger partial charge in [-0.3, -0.25) is 4.99 Å². The maximum atomic E-state index is 5.80. The third-order valence-electron chi connectivity index (χ3n) is 1.05. The summed E-state index contributed by atoms with van der Waals surface area (Å²) in [5.41, 5.74) is 1.78. The molecular weight excluding hydrogens is 146 g/mol. The van der Waals surface area contributed by atoms with Crippen LogP contribution < -0.4 is 0 Å². The van der Waals surface area contributed by atoms with E-state index in [9.17, 15) is 0 Å². The first-order valence-electron chi connectivity index (χ1n) is 3.04. The molecule has 2 heteroatoms. The highest BCUT2D eigenvalue weighted by Gasteiger charge is 1.93. The van der Waals surface area contributed by atoms with Gasteiger partial charge in [-0.2, -0.15) is 0 Å². The highest BCUT2D eigenvalue weighted by molar-refractivity contribution is 6.43. The zero-order valence-electron chi connectivity index (χ0n) is 6.61. The second kappa shape index (κ2) is 4.29. The monoisotopic (exact) mass is 157 g/mol. The van der Waals surface area contributed by atoms with E-state index in [0.29, 0.717) is 5.03 Å². The van der Waals surface area contributed by atoms with Gasteiger partial charge >= 0.3 is 0 Å². The van der Waals surface area contributed by atoms with Gasteiger partial charge in [-0.25, -0.2) is 0 Å². The van der Waals surface area contributed by atoms with E-state index >= 15 is 0 Å². The number of allylic oxidation sites excluding steroid dienone is 3. The van der Waals surface area contributed by atoms with E-state index in [2.05, 4.69) is 11.6 Å². The number of nitrogens with zero attached hydrogens (tertiary/aromatic N) is 1. The van der Waals surface area contributed by atoms with E-state index in [1.807, 2.05) is 13.8 Å². The second-order valence-electron chi connectivity index (χ2n) is 2.15. The number of halogens is 1. The molecule has 0 aliphatic carbocycles. The number of hydrogen-bond acceptors (Lipinski definition) is 1. The van der Waals surface area contributed by atoms with Crippen molar-refractivity contribution in [3.05, 3.63) is 23.3 Å². The normalized spacial score (nSPS) is 13.6. The molecule has 0 radical (unpaired) electrons. The van der Waals surface area contributed by atoms with Crippen molar-refractivity contribution < 1.29 is 0 Å². The summed E-state index contributed by atoms with van der Waals surface area (Å²) in [7, 11) is 1.71. The highest BCUT2D eigenvalue weighted by Crippen LogP contribution is 2.06. The predicted octanol–water partition coefficient (Wildman–Crippen LogP) is 2.78. The molecule has 56 valence electrons. The minimum atomic E-state index is 0.662. The Morgan fingerprint density at radius 3 is 2.30 bits per heavy atom. The molecule has 0 heterocycles. The Bertz CT molecular complexity index is 189. The summed E-state index contributed by atoms with van der Waals surface area (Å²) in [6.07, 6.45) is 1.80. The summed E-state index contributed by atoms with van der Waals surface area (Å²) in [6, 6.07) is 0. The van der Waals surface area contributed by atoms with Gasteiger partial charge in [0.2, 0.25) is 0 Å². The molecule has 10 heavy (non-hydrogen) atoms. The molecule has 1 nitrogen and oxygen atoms in total. The first-order chi connectivity index (χ1) is 4.57. The first kappa shape index (κ1) is 9.44. The minimum absolute atomic E-state index is 0.662. The van der Waals surface area contributed by atoms with E-state index in [4.69, 9.17) is 11.6 Å². The molecule has 0 amide bonds. The molecule has 0 spiro atoms. The van der Waals surface area contributed by atoms with Crippen molar-refractivity contribution in [2.45, 2.75) is 13.8 Å². The lowest BCUT2D eigenvalue weighted by Crippen LogP contribution is -1.89. The van der Waals surface area contributed by atoms with E-state index in [0.717, 1.165) is 11.3 Å². The quantitative estimate of drug-likeness (QED) is 0.432. The summed E-state index contributed by atoms with van der Waals surface area (Å²) in [5, 5.41) is 0.662. The molecule has 0 aliphatic rings. The van der Waals surface area contributed by atoms with Crippen molar-refractivity contribution in [3.8, 4) is 0 Å². The molecule has 0 aromatic carbocycles. The van der Waals surface area contributed by atoms with E-state index in [1.54, 1.807) is 13.1 Å². The molecule has 0 bridgehead atoms. The molecule has 0 saturated carbocycles. The van der Waals surface area contributed by atoms with Crippen molar-refractivity contribution in [2.24, 2.45) is 4.99 Å². The van der Waals surface area contributed by atoms with E-state index in [-0.39, 0.29) is 0 Å². The van der Waals surface area contributed by atoms with Crippen molar-refractivity contribution in [1.82, 2.24) is 0 Å². The summed E-state index contributed by atoms with van der Waals surface area (Å²) in [4.78, 5) is 3.92. The molecule has 0 fully saturated rings. The Morgan fingerprint density at radius 2 is 2.00 bits per heavy atom. The summed E-state index contributed by atoms with van der Waals surface area (Å²) in [6.45, 7) is 7.45. The Kier molecular flexibility index (Phi) is 4.05. The largest absolute Gasteiger partial charge is 0.292 e. The van der Waals surface area contributed by atoms with Gasteiger partial charge < -0.3 is 0 Å². The van der Waals surface area contributed by atoms with E-state index < -0.39 is 0 Å². The molecule has 0 aromatic rings. The number of aliphatic imine (C=N–C) groups is 1. The van der Waals surface area contributed by atoms with Crippen molar-refractivity contribution in [2.75, 3.05) is 7.05 Å². The Balaban J connectivity index is 4.35. The van der Waals surface area contributed by atoms with Crippen LogP contribution in [0.1, 0.15) is 13.8 Å². The van der Waals surface area contributed by atoms with E-state index in [1.165, 1.54) is 0 Å². The molecule has 0 unspecified atom stereocenters. The van der Waals surface area contributed by atoms with Gasteiger partial charge in [-0.15, -0.1) is 0 Å². The average Bonchev–Trinajstić information content (AvgIpc) is 1.85. The SMILES string of the molecule is C=C(C)/C=C(/Cl)C(C)=NC. The van der Waals surface area contributed by atoms with Crippen LogP contribution in [-0.2, 0) is 0 Å². The fourth-order valence-electron chi connectivity index (χ4n) is 0.428. The number of rotatable bonds is 2. The standard InChI is InChI=1S/C8H12ClN/c1-6(2)5-8(9)7(3)10-4/h5H,1H2,2-4H3/b8-5+,10-7?. The van der Waals surface area contributed by atoms with Crippen molar-refractivity contribution >= 4 is 17.3 Å². The van der Waals surface area contributed by atoms with Gasteiger partial charge in [0, 0.05) is 12.8 Å². The average molecular weight is 158 g/mol. The Morgan fingerprint density at radius 1 is 1.50 bits per heavy atom. The third kappa shape index (κ3) is 3.46. The summed E-state index contributed by atoms with van der Waals surface area (Å²) >= 11 is 5.80. The summed E-state index contributed by atoms with van der Waals surface area (Å²) < 4.78 is 0. The van der Waals surface area contributed by atoms with Crippen LogP contribution in [-0.4, -0.2) is 12.8 Å². The highest BCUT2D eigenvalue weighted by atomic mass is 35.5. The van der Waals surface area contributed by atoms with Crippen molar-refractivity contribution in [1.29, 1.82) is 0 Å². The van der Waals surface area contributed by atoms with Gasteiger partial charge in [-0.05, 0) is 19.9 Å². The number of hydrogen-bond donors (Lipinski definition) is 0. The van der Waals surface area contributed by atoms with Crippen molar-refractivity contribution in [3.63, 3.8) is 0 Å². The zero-order valence-corrected chi connectivity index (χ0v) is 7.37. The molecule has 0 saturated heterocycles. The molecule has 0 atom stereocenters. The second-order valence-corrected chi connectivity index (χ2v) is 2.55. The maximum absolute atomic E-state index is 5.80. The Hall–Kier alpha value is -0.560. The fraction of sp³-hybridized carbons (Fsp3) is 0.375. The molecule has 0 aromatic heterocycles. The Labute approximate surface area is 67.1 Å². The molecule has 0 rings (SSSR count). The molecular formula is C8H12ClN. The lowest BCUT2D eigenvalue weighted by atomic mass is 10.3. The topological polar surface area (TPSA) is 12.4 Å². The zero-order chi connectivity index (χ0) is 8.15. The van der Waals surface area contributed by atoms with Crippen LogP contribution in [0.3, 0.4) is 0 Å².